The predicted molar refractivity (Wildman–Crippen MR) is 117 cm³/mol. The second-order valence-corrected chi connectivity index (χ2v) is 9.43. The summed E-state index contributed by atoms with van der Waals surface area (Å²) in [5, 5.41) is 14.5. The van der Waals surface area contributed by atoms with Crippen molar-refractivity contribution in [1.29, 1.82) is 0 Å². The van der Waals surface area contributed by atoms with Crippen molar-refractivity contribution in [2.24, 2.45) is 11.8 Å². The SMILES string of the molecule is C[NH+](CCc1ccccn1)CC[C@H]1CN(C(=O)NC2CCCCC2)CC[C@H]1CC(=O)[O-]. The summed E-state index contributed by atoms with van der Waals surface area (Å²) in [6.45, 7) is 3.22. The Balaban J connectivity index is 1.49. The number of likely N-dealkylation sites (tertiary alicyclic amines) is 1. The Labute approximate surface area is 186 Å². The molecule has 31 heavy (non-hydrogen) atoms. The van der Waals surface area contributed by atoms with E-state index in [1.54, 1.807) is 0 Å². The number of rotatable bonds is 9. The normalized spacial score (nSPS) is 23.3. The molecule has 3 rings (SSSR count). The van der Waals surface area contributed by atoms with Gasteiger partial charge in [0.15, 0.2) is 0 Å². The van der Waals surface area contributed by atoms with E-state index in [0.29, 0.717) is 19.1 Å². The molecule has 0 aromatic carbocycles. The summed E-state index contributed by atoms with van der Waals surface area (Å²) in [6.07, 6.45) is 10.3. The summed E-state index contributed by atoms with van der Waals surface area (Å²) in [6, 6.07) is 6.31. The summed E-state index contributed by atoms with van der Waals surface area (Å²) in [4.78, 5) is 31.8. The molecule has 1 aliphatic carbocycles. The highest BCUT2D eigenvalue weighted by molar-refractivity contribution is 5.74. The maximum atomic E-state index is 12.8. The zero-order valence-corrected chi connectivity index (χ0v) is 18.9. The van der Waals surface area contributed by atoms with Crippen molar-refractivity contribution in [2.45, 2.75) is 63.8 Å². The Morgan fingerprint density at radius 3 is 2.68 bits per heavy atom. The number of carbonyl (C=O) groups excluding carboxylic acids is 2. The summed E-state index contributed by atoms with van der Waals surface area (Å²) in [5.41, 5.74) is 1.10. The Kier molecular flexibility index (Phi) is 9.13. The van der Waals surface area contributed by atoms with E-state index < -0.39 is 5.97 Å². The highest BCUT2D eigenvalue weighted by Crippen LogP contribution is 2.29. The predicted octanol–water partition coefficient (Wildman–Crippen LogP) is 0.649. The van der Waals surface area contributed by atoms with E-state index in [0.717, 1.165) is 50.9 Å². The molecule has 1 saturated heterocycles. The minimum atomic E-state index is -0.981. The molecule has 2 N–H and O–H groups in total. The third-order valence-corrected chi connectivity index (χ3v) is 7.02. The monoisotopic (exact) mass is 430 g/mol. The summed E-state index contributed by atoms with van der Waals surface area (Å²) >= 11 is 0. The molecule has 2 fully saturated rings. The molecule has 7 nitrogen and oxygen atoms in total. The summed E-state index contributed by atoms with van der Waals surface area (Å²) < 4.78 is 0. The lowest BCUT2D eigenvalue weighted by Crippen LogP contribution is -3.09. The second kappa shape index (κ2) is 12.0. The standard InChI is InChI=1S/C24H38N4O3/c1-27(15-12-21-7-5-6-13-25-21)14-10-20-18-28(16-11-19(20)17-23(29)30)24(31)26-22-8-3-2-4-9-22/h5-7,13,19-20,22H,2-4,8-12,14-18H2,1H3,(H,26,31)(H,29,30)/t19-,20-/m0/s1. The van der Waals surface area contributed by atoms with E-state index in [-0.39, 0.29) is 24.3 Å². The van der Waals surface area contributed by atoms with E-state index in [2.05, 4.69) is 17.3 Å². The molecular formula is C24H38N4O3. The first kappa shape index (κ1) is 23.5. The number of pyridine rings is 1. The van der Waals surface area contributed by atoms with Crippen LogP contribution in [0.15, 0.2) is 24.4 Å². The number of likely N-dealkylation sites (N-methyl/N-ethyl adjacent to an activating group) is 1. The average Bonchev–Trinajstić information content (AvgIpc) is 2.78. The maximum Gasteiger partial charge on any atom is 0.317 e. The van der Waals surface area contributed by atoms with Crippen molar-refractivity contribution < 1.29 is 19.6 Å². The lowest BCUT2D eigenvalue weighted by Gasteiger charge is -2.40. The van der Waals surface area contributed by atoms with Crippen LogP contribution in [0, 0.1) is 11.8 Å². The van der Waals surface area contributed by atoms with Crippen LogP contribution in [0.4, 0.5) is 4.79 Å². The largest absolute Gasteiger partial charge is 0.550 e. The zero-order chi connectivity index (χ0) is 22.1. The van der Waals surface area contributed by atoms with Gasteiger partial charge in [-0.25, -0.2) is 4.79 Å². The van der Waals surface area contributed by atoms with E-state index in [4.69, 9.17) is 0 Å². The molecule has 0 radical (unpaired) electrons. The van der Waals surface area contributed by atoms with Gasteiger partial charge >= 0.3 is 6.03 Å². The minimum Gasteiger partial charge on any atom is -0.550 e. The third kappa shape index (κ3) is 7.80. The molecule has 1 aromatic rings. The van der Waals surface area contributed by atoms with Gasteiger partial charge in [0.25, 0.3) is 0 Å². The molecule has 1 aromatic heterocycles. The molecule has 2 amide bonds. The van der Waals surface area contributed by atoms with Gasteiger partial charge in [-0.05, 0) is 49.7 Å². The van der Waals surface area contributed by atoms with Crippen LogP contribution in [0.2, 0.25) is 0 Å². The minimum absolute atomic E-state index is 0.0275. The van der Waals surface area contributed by atoms with E-state index in [1.807, 2.05) is 29.3 Å². The van der Waals surface area contributed by atoms with Crippen LogP contribution >= 0.6 is 0 Å². The Bertz CT molecular complexity index is 693. The second-order valence-electron chi connectivity index (χ2n) is 9.43. The van der Waals surface area contributed by atoms with Crippen molar-refractivity contribution in [1.82, 2.24) is 15.2 Å². The number of urea groups is 1. The Hall–Kier alpha value is -2.15. The van der Waals surface area contributed by atoms with Gasteiger partial charge in [-0.1, -0.05) is 25.3 Å². The van der Waals surface area contributed by atoms with Gasteiger partial charge in [-0.3, -0.25) is 4.98 Å². The fourth-order valence-electron chi connectivity index (χ4n) is 5.03. The molecule has 7 heteroatoms. The molecular weight excluding hydrogens is 392 g/mol. The van der Waals surface area contributed by atoms with Gasteiger partial charge in [-0.2, -0.15) is 0 Å². The number of amides is 2. The molecule has 3 atom stereocenters. The molecule has 1 unspecified atom stereocenters. The van der Waals surface area contributed by atoms with Crippen LogP contribution in [0.1, 0.15) is 57.1 Å². The van der Waals surface area contributed by atoms with E-state index >= 15 is 0 Å². The summed E-state index contributed by atoms with van der Waals surface area (Å²) in [5.74, 6) is -0.688. The van der Waals surface area contributed by atoms with Crippen LogP contribution in [-0.2, 0) is 11.2 Å². The number of aliphatic carboxylic acids is 1. The topological polar surface area (TPSA) is 89.8 Å². The van der Waals surface area contributed by atoms with Crippen LogP contribution in [-0.4, -0.2) is 61.2 Å². The quantitative estimate of drug-likeness (QED) is 0.602. The number of aromatic nitrogens is 1. The Morgan fingerprint density at radius 2 is 1.97 bits per heavy atom. The number of piperidine rings is 1. The number of carboxylic acid groups (broad SMARTS) is 1. The third-order valence-electron chi connectivity index (χ3n) is 7.02. The first-order valence-electron chi connectivity index (χ1n) is 12.0. The van der Waals surface area contributed by atoms with E-state index in [1.165, 1.54) is 24.2 Å². The number of nitrogens with one attached hydrogen (secondary N) is 2. The highest BCUT2D eigenvalue weighted by Gasteiger charge is 2.32. The average molecular weight is 431 g/mol. The molecule has 0 spiro atoms. The van der Waals surface area contributed by atoms with Crippen molar-refractivity contribution >= 4 is 12.0 Å². The molecule has 172 valence electrons. The van der Waals surface area contributed by atoms with Crippen molar-refractivity contribution in [3.63, 3.8) is 0 Å². The molecule has 1 saturated carbocycles. The number of carboxylic acids is 1. The number of hydrogen-bond donors (Lipinski definition) is 2. The first-order valence-corrected chi connectivity index (χ1v) is 12.0. The van der Waals surface area contributed by atoms with Crippen molar-refractivity contribution in [2.75, 3.05) is 33.2 Å². The van der Waals surface area contributed by atoms with Crippen molar-refractivity contribution in [3.05, 3.63) is 30.1 Å². The summed E-state index contributed by atoms with van der Waals surface area (Å²) in [7, 11) is 2.17. The van der Waals surface area contributed by atoms with Crippen LogP contribution < -0.4 is 15.3 Å². The van der Waals surface area contributed by atoms with Gasteiger partial charge in [0.1, 0.15) is 0 Å². The molecule has 1 aliphatic heterocycles. The van der Waals surface area contributed by atoms with E-state index in [9.17, 15) is 14.7 Å². The highest BCUT2D eigenvalue weighted by atomic mass is 16.4. The number of quaternary nitrogens is 1. The fraction of sp³-hybridized carbons (Fsp3) is 0.708. The smallest absolute Gasteiger partial charge is 0.317 e. The lowest BCUT2D eigenvalue weighted by atomic mass is 9.81. The van der Waals surface area contributed by atoms with Crippen LogP contribution in [0.3, 0.4) is 0 Å². The van der Waals surface area contributed by atoms with Gasteiger partial charge in [0, 0.05) is 49.8 Å². The van der Waals surface area contributed by atoms with Gasteiger partial charge in [0.05, 0.1) is 20.1 Å². The van der Waals surface area contributed by atoms with Crippen LogP contribution in [0.25, 0.3) is 0 Å². The van der Waals surface area contributed by atoms with Gasteiger partial charge < -0.3 is 25.0 Å². The molecule has 2 aliphatic rings. The van der Waals surface area contributed by atoms with Gasteiger partial charge in [-0.15, -0.1) is 0 Å². The fourth-order valence-corrected chi connectivity index (χ4v) is 5.03. The molecule has 0 bridgehead atoms. The number of carbonyl (C=O) groups is 2. The number of hydrogen-bond acceptors (Lipinski definition) is 4. The Morgan fingerprint density at radius 1 is 1.16 bits per heavy atom. The number of nitrogens with zero attached hydrogens (tertiary/aromatic N) is 2. The molecule has 2 heterocycles. The van der Waals surface area contributed by atoms with Crippen LogP contribution in [0.5, 0.6) is 0 Å². The zero-order valence-electron chi connectivity index (χ0n) is 18.9. The maximum absolute atomic E-state index is 12.8. The lowest BCUT2D eigenvalue weighted by molar-refractivity contribution is -0.880. The van der Waals surface area contributed by atoms with Gasteiger partial charge in [0.2, 0.25) is 0 Å². The first-order chi connectivity index (χ1) is 15.0. The van der Waals surface area contributed by atoms with Crippen molar-refractivity contribution in [3.8, 4) is 0 Å².